The highest BCUT2D eigenvalue weighted by molar-refractivity contribution is 6.22. The molecular formula is C27H36N4O3. The molecule has 0 unspecified atom stereocenters. The maximum Gasteiger partial charge on any atom is 0.251 e. The third-order valence-electron chi connectivity index (χ3n) is 6.47. The number of carbonyl (C=O) groups is 2. The molecule has 1 N–H and O–H groups in total. The summed E-state index contributed by atoms with van der Waals surface area (Å²) in [6.07, 6.45) is 2.11. The van der Waals surface area contributed by atoms with Crippen molar-refractivity contribution in [1.82, 2.24) is 15.1 Å². The molecule has 0 spiro atoms. The molecule has 7 heteroatoms. The van der Waals surface area contributed by atoms with E-state index >= 15 is 0 Å². The number of ether oxygens (including phenoxy) is 1. The van der Waals surface area contributed by atoms with Crippen LogP contribution in [0.4, 0.5) is 5.69 Å². The van der Waals surface area contributed by atoms with E-state index in [2.05, 4.69) is 52.4 Å². The Balaban J connectivity index is 1.16. The standard InChI is InChI=1S/C27H36N4O3/c1-2-19-34-24-11-9-23(10-12-24)31-26(32)20-25(27(31)33)28-13-6-14-29-15-17-30(18-16-29)21-22-7-4-3-5-8-22/h3-5,7-12,25,28H,2,6,13-21H2,1H3/t25-/m0/s1. The highest BCUT2D eigenvalue weighted by Crippen LogP contribution is 2.25. The van der Waals surface area contributed by atoms with Gasteiger partial charge in [0.05, 0.1) is 24.8 Å². The minimum absolute atomic E-state index is 0.153. The van der Waals surface area contributed by atoms with Crippen LogP contribution in [0.15, 0.2) is 54.6 Å². The summed E-state index contributed by atoms with van der Waals surface area (Å²) in [7, 11) is 0. The first-order valence-corrected chi connectivity index (χ1v) is 12.5. The Hall–Kier alpha value is -2.74. The van der Waals surface area contributed by atoms with E-state index in [4.69, 9.17) is 4.74 Å². The van der Waals surface area contributed by atoms with Crippen LogP contribution in [-0.2, 0) is 16.1 Å². The highest BCUT2D eigenvalue weighted by Gasteiger charge is 2.39. The van der Waals surface area contributed by atoms with Gasteiger partial charge in [-0.25, -0.2) is 4.90 Å². The quantitative estimate of drug-likeness (QED) is 0.408. The highest BCUT2D eigenvalue weighted by atomic mass is 16.5. The molecule has 2 aliphatic heterocycles. The molecule has 2 amide bonds. The number of amides is 2. The molecule has 2 fully saturated rings. The summed E-state index contributed by atoms with van der Waals surface area (Å²) in [6, 6.07) is 17.4. The average molecular weight is 465 g/mol. The van der Waals surface area contributed by atoms with E-state index in [0.717, 1.165) is 64.4 Å². The van der Waals surface area contributed by atoms with Gasteiger partial charge in [-0.1, -0.05) is 37.3 Å². The summed E-state index contributed by atoms with van der Waals surface area (Å²) in [5.41, 5.74) is 1.97. The van der Waals surface area contributed by atoms with Crippen molar-refractivity contribution in [2.24, 2.45) is 0 Å². The van der Waals surface area contributed by atoms with Crippen molar-refractivity contribution in [1.29, 1.82) is 0 Å². The van der Waals surface area contributed by atoms with Gasteiger partial charge in [-0.3, -0.25) is 14.5 Å². The fourth-order valence-electron chi connectivity index (χ4n) is 4.57. The van der Waals surface area contributed by atoms with E-state index in [1.807, 2.05) is 12.1 Å². The van der Waals surface area contributed by atoms with E-state index in [0.29, 0.717) is 12.3 Å². The molecule has 34 heavy (non-hydrogen) atoms. The van der Waals surface area contributed by atoms with Crippen molar-refractivity contribution in [2.75, 3.05) is 50.8 Å². The fraction of sp³-hybridized carbons (Fsp3) is 0.481. The van der Waals surface area contributed by atoms with Crippen molar-refractivity contribution in [3.05, 3.63) is 60.2 Å². The van der Waals surface area contributed by atoms with Crippen molar-refractivity contribution in [3.63, 3.8) is 0 Å². The van der Waals surface area contributed by atoms with E-state index < -0.39 is 6.04 Å². The molecule has 0 saturated carbocycles. The van der Waals surface area contributed by atoms with Crippen molar-refractivity contribution in [3.8, 4) is 5.75 Å². The second kappa shape index (κ2) is 12.1. The number of imide groups is 1. The van der Waals surface area contributed by atoms with Crippen LogP contribution in [0.1, 0.15) is 31.7 Å². The molecule has 2 aromatic carbocycles. The number of hydrogen-bond acceptors (Lipinski definition) is 6. The van der Waals surface area contributed by atoms with Crippen LogP contribution in [-0.4, -0.2) is 73.5 Å². The summed E-state index contributed by atoms with van der Waals surface area (Å²) in [4.78, 5) is 31.7. The van der Waals surface area contributed by atoms with Crippen molar-refractivity contribution in [2.45, 2.75) is 38.8 Å². The topological polar surface area (TPSA) is 65.1 Å². The Morgan fingerprint density at radius 1 is 0.941 bits per heavy atom. The van der Waals surface area contributed by atoms with Gasteiger partial charge in [-0.05, 0) is 55.8 Å². The number of rotatable bonds is 11. The zero-order valence-corrected chi connectivity index (χ0v) is 20.1. The van der Waals surface area contributed by atoms with Crippen LogP contribution >= 0.6 is 0 Å². The lowest BCUT2D eigenvalue weighted by molar-refractivity contribution is -0.121. The molecule has 182 valence electrons. The van der Waals surface area contributed by atoms with Gasteiger partial charge in [0, 0.05) is 32.7 Å². The molecule has 2 aliphatic rings. The Kier molecular flexibility index (Phi) is 8.68. The lowest BCUT2D eigenvalue weighted by Crippen LogP contribution is -2.46. The van der Waals surface area contributed by atoms with Crippen molar-refractivity contribution >= 4 is 17.5 Å². The maximum atomic E-state index is 12.9. The second-order valence-electron chi connectivity index (χ2n) is 9.08. The molecule has 7 nitrogen and oxygen atoms in total. The normalized spacial score (nSPS) is 19.7. The summed E-state index contributed by atoms with van der Waals surface area (Å²) in [5.74, 6) is 0.432. The van der Waals surface area contributed by atoms with Gasteiger partial charge >= 0.3 is 0 Å². The fourth-order valence-corrected chi connectivity index (χ4v) is 4.57. The molecule has 2 heterocycles. The first-order chi connectivity index (χ1) is 16.6. The molecule has 0 aliphatic carbocycles. The van der Waals surface area contributed by atoms with Crippen LogP contribution in [0.25, 0.3) is 0 Å². The second-order valence-corrected chi connectivity index (χ2v) is 9.08. The monoisotopic (exact) mass is 464 g/mol. The van der Waals surface area contributed by atoms with Crippen LogP contribution in [0, 0.1) is 0 Å². The molecule has 0 bridgehead atoms. The van der Waals surface area contributed by atoms with Crippen LogP contribution in [0.2, 0.25) is 0 Å². The Bertz CT molecular complexity index is 927. The minimum Gasteiger partial charge on any atom is -0.494 e. The lowest BCUT2D eigenvalue weighted by atomic mass is 10.2. The Morgan fingerprint density at radius 2 is 1.65 bits per heavy atom. The number of benzene rings is 2. The van der Waals surface area contributed by atoms with E-state index in [9.17, 15) is 9.59 Å². The largest absolute Gasteiger partial charge is 0.494 e. The van der Waals surface area contributed by atoms with Crippen molar-refractivity contribution < 1.29 is 14.3 Å². The van der Waals surface area contributed by atoms with Gasteiger partial charge in [0.15, 0.2) is 0 Å². The number of nitrogens with zero attached hydrogens (tertiary/aromatic N) is 3. The average Bonchev–Trinajstić information content (AvgIpc) is 3.15. The molecule has 0 radical (unpaired) electrons. The lowest BCUT2D eigenvalue weighted by Gasteiger charge is -2.34. The maximum absolute atomic E-state index is 12.9. The molecule has 4 rings (SSSR count). The molecule has 2 aromatic rings. The molecular weight excluding hydrogens is 428 g/mol. The van der Waals surface area contributed by atoms with Crippen LogP contribution < -0.4 is 15.0 Å². The van der Waals surface area contributed by atoms with Gasteiger partial charge in [0.1, 0.15) is 5.75 Å². The smallest absolute Gasteiger partial charge is 0.251 e. The summed E-state index contributed by atoms with van der Waals surface area (Å²) >= 11 is 0. The zero-order valence-electron chi connectivity index (χ0n) is 20.1. The van der Waals surface area contributed by atoms with E-state index in [1.54, 1.807) is 12.1 Å². The van der Waals surface area contributed by atoms with Crippen LogP contribution in [0.3, 0.4) is 0 Å². The van der Waals surface area contributed by atoms with Gasteiger partial charge in [-0.15, -0.1) is 0 Å². The number of anilines is 1. The minimum atomic E-state index is -0.439. The van der Waals surface area contributed by atoms with E-state index in [-0.39, 0.29) is 18.2 Å². The van der Waals surface area contributed by atoms with E-state index in [1.165, 1.54) is 10.5 Å². The molecule has 2 saturated heterocycles. The van der Waals surface area contributed by atoms with Gasteiger partial charge < -0.3 is 15.0 Å². The third-order valence-corrected chi connectivity index (χ3v) is 6.47. The SMILES string of the molecule is CCCOc1ccc(N2C(=O)C[C@H](NCCCN3CCN(Cc4ccccc4)CC3)C2=O)cc1. The predicted molar refractivity (Wildman–Crippen MR) is 134 cm³/mol. The summed E-state index contributed by atoms with van der Waals surface area (Å²) in [5, 5.41) is 3.31. The first kappa shape index (κ1) is 24.4. The summed E-state index contributed by atoms with van der Waals surface area (Å²) < 4.78 is 5.59. The number of piperazine rings is 1. The van der Waals surface area contributed by atoms with Gasteiger partial charge in [0.2, 0.25) is 5.91 Å². The molecule has 0 aromatic heterocycles. The Labute approximate surface area is 202 Å². The number of carbonyl (C=O) groups excluding carboxylic acids is 2. The van der Waals surface area contributed by atoms with Gasteiger partial charge in [-0.2, -0.15) is 0 Å². The number of nitrogens with one attached hydrogen (secondary N) is 1. The van der Waals surface area contributed by atoms with Gasteiger partial charge in [0.25, 0.3) is 5.91 Å². The number of hydrogen-bond donors (Lipinski definition) is 1. The predicted octanol–water partition coefficient (Wildman–Crippen LogP) is 2.90. The van der Waals surface area contributed by atoms with Crippen LogP contribution in [0.5, 0.6) is 5.75 Å². The Morgan fingerprint density at radius 3 is 2.35 bits per heavy atom. The summed E-state index contributed by atoms with van der Waals surface area (Å²) in [6.45, 7) is 9.74. The third kappa shape index (κ3) is 6.44. The zero-order chi connectivity index (χ0) is 23.8. The first-order valence-electron chi connectivity index (χ1n) is 12.5. The molecule has 1 atom stereocenters.